The lowest BCUT2D eigenvalue weighted by Crippen LogP contribution is -2.09. The number of rotatable bonds is 2. The Balaban J connectivity index is 2.34. The molecule has 108 valence electrons. The number of nitrogens with zero attached hydrogens (tertiary/aromatic N) is 1. The number of pyridine rings is 1. The smallest absolute Gasteiger partial charge is 0.328 e. The lowest BCUT2D eigenvalue weighted by molar-refractivity contribution is -0.131. The van der Waals surface area contributed by atoms with E-state index in [9.17, 15) is 4.79 Å². The summed E-state index contributed by atoms with van der Waals surface area (Å²) in [4.78, 5) is 15.7. The van der Waals surface area contributed by atoms with Crippen molar-refractivity contribution in [3.8, 4) is 0 Å². The summed E-state index contributed by atoms with van der Waals surface area (Å²) in [5.41, 5.74) is 5.09. The Bertz CT molecular complexity index is 765. The molecule has 2 aromatic rings. The van der Waals surface area contributed by atoms with E-state index in [0.717, 1.165) is 53.4 Å². The third-order valence-corrected chi connectivity index (χ3v) is 4.47. The number of carboxylic acid groups (broad SMARTS) is 1. The van der Waals surface area contributed by atoms with Crippen LogP contribution in [0.1, 0.15) is 35.2 Å². The first-order valence-corrected chi connectivity index (χ1v) is 7.47. The fourth-order valence-corrected chi connectivity index (χ4v) is 3.13. The Hall–Kier alpha value is -1.87. The molecule has 0 bridgehead atoms. The van der Waals surface area contributed by atoms with Crippen LogP contribution in [0.2, 0.25) is 5.02 Å². The number of aliphatic carboxylic acids is 1. The number of hydrogen-bond donors (Lipinski definition) is 1. The molecule has 3 rings (SSSR count). The molecule has 0 unspecified atom stereocenters. The monoisotopic (exact) mass is 301 g/mol. The van der Waals surface area contributed by atoms with Crippen molar-refractivity contribution in [2.45, 2.75) is 32.6 Å². The molecule has 1 heterocycles. The lowest BCUT2D eigenvalue weighted by atomic mass is 9.89. The second-order valence-corrected chi connectivity index (χ2v) is 5.81. The molecule has 0 aliphatic heterocycles. The summed E-state index contributed by atoms with van der Waals surface area (Å²) in [7, 11) is 0. The highest BCUT2D eigenvalue weighted by atomic mass is 35.5. The molecule has 1 aliphatic rings. The Morgan fingerprint density at radius 1 is 1.33 bits per heavy atom. The zero-order chi connectivity index (χ0) is 15.0. The zero-order valence-electron chi connectivity index (χ0n) is 11.8. The molecule has 0 saturated heterocycles. The number of aryl methyl sites for hydroxylation is 2. The maximum absolute atomic E-state index is 10.9. The highest BCUT2D eigenvalue weighted by Crippen LogP contribution is 2.33. The molecule has 4 heteroatoms. The summed E-state index contributed by atoms with van der Waals surface area (Å²) in [6, 6.07) is 3.79. The van der Waals surface area contributed by atoms with Crippen LogP contribution < -0.4 is 0 Å². The molecule has 21 heavy (non-hydrogen) atoms. The molecular weight excluding hydrogens is 286 g/mol. The van der Waals surface area contributed by atoms with Crippen molar-refractivity contribution in [2.24, 2.45) is 0 Å². The number of hydrogen-bond acceptors (Lipinski definition) is 2. The fraction of sp³-hybridized carbons (Fsp3) is 0.294. The lowest BCUT2D eigenvalue weighted by Gasteiger charge is -2.20. The molecule has 0 amide bonds. The summed E-state index contributed by atoms with van der Waals surface area (Å²) >= 11 is 6.20. The third kappa shape index (κ3) is 2.54. The topological polar surface area (TPSA) is 50.2 Å². The maximum Gasteiger partial charge on any atom is 0.328 e. The van der Waals surface area contributed by atoms with Gasteiger partial charge in [0.05, 0.1) is 5.52 Å². The maximum atomic E-state index is 10.9. The van der Waals surface area contributed by atoms with Crippen LogP contribution in [0, 0.1) is 6.92 Å². The highest BCUT2D eigenvalue weighted by Gasteiger charge is 2.18. The minimum Gasteiger partial charge on any atom is -0.478 e. The quantitative estimate of drug-likeness (QED) is 0.847. The molecule has 0 atom stereocenters. The molecule has 1 aromatic carbocycles. The number of carbonyl (C=O) groups is 1. The van der Waals surface area contributed by atoms with Crippen molar-refractivity contribution in [1.82, 2.24) is 4.98 Å². The standard InChI is InChI=1S/C17H16ClNO2/c1-10-14(18)8-6-13-11(7-9-16(20)21)12-4-2-3-5-15(12)19-17(10)13/h6-9H,2-5H2,1H3,(H,20,21)/b9-7+. The first-order valence-electron chi connectivity index (χ1n) is 7.09. The summed E-state index contributed by atoms with van der Waals surface area (Å²) < 4.78 is 0. The van der Waals surface area contributed by atoms with E-state index in [0.29, 0.717) is 5.02 Å². The van der Waals surface area contributed by atoms with Crippen LogP contribution in [0.3, 0.4) is 0 Å². The predicted molar refractivity (Wildman–Crippen MR) is 84.8 cm³/mol. The molecule has 0 fully saturated rings. The van der Waals surface area contributed by atoms with Crippen molar-refractivity contribution < 1.29 is 9.90 Å². The Morgan fingerprint density at radius 2 is 2.10 bits per heavy atom. The summed E-state index contributed by atoms with van der Waals surface area (Å²) in [5.74, 6) is -0.935. The van der Waals surface area contributed by atoms with Crippen LogP contribution in [0.5, 0.6) is 0 Å². The van der Waals surface area contributed by atoms with Gasteiger partial charge in [0.1, 0.15) is 0 Å². The Morgan fingerprint density at radius 3 is 2.86 bits per heavy atom. The first-order chi connectivity index (χ1) is 10.1. The normalized spacial score (nSPS) is 14.6. The second-order valence-electron chi connectivity index (χ2n) is 5.40. The van der Waals surface area contributed by atoms with Gasteiger partial charge in [0.2, 0.25) is 0 Å². The average molecular weight is 302 g/mol. The van der Waals surface area contributed by atoms with Crippen LogP contribution >= 0.6 is 11.6 Å². The van der Waals surface area contributed by atoms with Gasteiger partial charge in [-0.15, -0.1) is 0 Å². The molecule has 0 radical (unpaired) electrons. The molecular formula is C17H16ClNO2. The van der Waals surface area contributed by atoms with Crippen LogP contribution in [-0.2, 0) is 17.6 Å². The summed E-state index contributed by atoms with van der Waals surface area (Å²) in [6.07, 6.45) is 7.07. The zero-order valence-corrected chi connectivity index (χ0v) is 12.6. The largest absolute Gasteiger partial charge is 0.478 e. The van der Waals surface area contributed by atoms with Gasteiger partial charge >= 0.3 is 5.97 Å². The van der Waals surface area contributed by atoms with Gasteiger partial charge in [-0.2, -0.15) is 0 Å². The van der Waals surface area contributed by atoms with Crippen molar-refractivity contribution >= 4 is 34.5 Å². The van der Waals surface area contributed by atoms with Crippen LogP contribution in [0.4, 0.5) is 0 Å². The van der Waals surface area contributed by atoms with Crippen molar-refractivity contribution in [3.05, 3.63) is 45.6 Å². The summed E-state index contributed by atoms with van der Waals surface area (Å²) in [5, 5.41) is 10.6. The Kier molecular flexibility index (Phi) is 3.68. The van der Waals surface area contributed by atoms with E-state index in [2.05, 4.69) is 0 Å². The van der Waals surface area contributed by atoms with Crippen molar-refractivity contribution in [1.29, 1.82) is 0 Å². The predicted octanol–water partition coefficient (Wildman–Crippen LogP) is 4.17. The van der Waals surface area contributed by atoms with Gasteiger partial charge in [-0.1, -0.05) is 17.7 Å². The van der Waals surface area contributed by atoms with Crippen LogP contribution in [0.15, 0.2) is 18.2 Å². The molecule has 0 spiro atoms. The minimum atomic E-state index is -0.935. The minimum absolute atomic E-state index is 0.693. The van der Waals surface area contributed by atoms with Gasteiger partial charge in [0.25, 0.3) is 0 Å². The van der Waals surface area contributed by atoms with Gasteiger partial charge < -0.3 is 5.11 Å². The van der Waals surface area contributed by atoms with E-state index in [-0.39, 0.29) is 0 Å². The van der Waals surface area contributed by atoms with E-state index >= 15 is 0 Å². The number of aromatic nitrogens is 1. The molecule has 0 saturated carbocycles. The molecule has 1 N–H and O–H groups in total. The SMILES string of the molecule is Cc1c(Cl)ccc2c(/C=C/C(=O)O)c3c(nc12)CCCC3. The number of fused-ring (bicyclic) bond motifs is 2. The van der Waals surface area contributed by atoms with E-state index in [1.807, 2.05) is 19.1 Å². The Labute approximate surface area is 128 Å². The first kappa shape index (κ1) is 14.1. The fourth-order valence-electron chi connectivity index (χ4n) is 2.98. The highest BCUT2D eigenvalue weighted by molar-refractivity contribution is 6.32. The molecule has 1 aliphatic carbocycles. The van der Waals surface area contributed by atoms with E-state index in [1.54, 1.807) is 6.08 Å². The van der Waals surface area contributed by atoms with Gasteiger partial charge in [0.15, 0.2) is 0 Å². The third-order valence-electron chi connectivity index (χ3n) is 4.06. The van der Waals surface area contributed by atoms with Crippen molar-refractivity contribution in [3.63, 3.8) is 0 Å². The van der Waals surface area contributed by atoms with E-state index < -0.39 is 5.97 Å². The number of carboxylic acids is 1. The number of halogens is 1. The second kappa shape index (κ2) is 5.49. The van der Waals surface area contributed by atoms with Crippen molar-refractivity contribution in [2.75, 3.05) is 0 Å². The van der Waals surface area contributed by atoms with Crippen LogP contribution in [0.25, 0.3) is 17.0 Å². The van der Waals surface area contributed by atoms with Gasteiger partial charge in [-0.25, -0.2) is 4.79 Å². The molecule has 1 aromatic heterocycles. The van der Waals surface area contributed by atoms with Gasteiger partial charge in [-0.3, -0.25) is 4.98 Å². The van der Waals surface area contributed by atoms with E-state index in [4.69, 9.17) is 21.7 Å². The number of benzene rings is 1. The molecule has 3 nitrogen and oxygen atoms in total. The summed E-state index contributed by atoms with van der Waals surface area (Å²) in [6.45, 7) is 1.96. The van der Waals surface area contributed by atoms with Crippen LogP contribution in [-0.4, -0.2) is 16.1 Å². The van der Waals surface area contributed by atoms with E-state index in [1.165, 1.54) is 11.6 Å². The van der Waals surface area contributed by atoms with Gasteiger partial charge in [-0.05, 0) is 61.4 Å². The average Bonchev–Trinajstić information content (AvgIpc) is 2.48. The van der Waals surface area contributed by atoms with Gasteiger partial charge in [0, 0.05) is 22.2 Å².